The van der Waals surface area contributed by atoms with Gasteiger partial charge in [0.1, 0.15) is 5.82 Å². The van der Waals surface area contributed by atoms with Crippen LogP contribution in [0.25, 0.3) is 0 Å². The van der Waals surface area contributed by atoms with E-state index in [1.165, 1.54) is 18.2 Å². The molecule has 0 aliphatic rings. The first-order valence-corrected chi connectivity index (χ1v) is 4.98. The van der Waals surface area contributed by atoms with E-state index in [4.69, 9.17) is 5.73 Å². The molecule has 4 heteroatoms. The van der Waals surface area contributed by atoms with Gasteiger partial charge in [-0.1, -0.05) is 13.3 Å². The number of unbranched alkanes of at least 4 members (excludes halogenated alkanes) is 1. The van der Waals surface area contributed by atoms with Crippen LogP contribution in [0.4, 0.5) is 10.1 Å². The largest absolute Gasteiger partial charge is 0.399 e. The van der Waals surface area contributed by atoms with Gasteiger partial charge in [0.25, 0.3) is 5.91 Å². The molecule has 0 heterocycles. The van der Waals surface area contributed by atoms with Crippen LogP contribution in [0.2, 0.25) is 0 Å². The predicted molar refractivity (Wildman–Crippen MR) is 58.1 cm³/mol. The average Bonchev–Trinajstić information content (AvgIpc) is 2.22. The maximum atomic E-state index is 13.2. The third-order valence-corrected chi connectivity index (χ3v) is 2.05. The molecule has 1 amide bonds. The fourth-order valence-corrected chi connectivity index (χ4v) is 1.19. The molecule has 1 aromatic carbocycles. The van der Waals surface area contributed by atoms with Crippen molar-refractivity contribution in [1.29, 1.82) is 0 Å². The Morgan fingerprint density at radius 3 is 2.93 bits per heavy atom. The second-order valence-electron chi connectivity index (χ2n) is 3.35. The standard InChI is InChI=1S/C11H15FN2O/c1-2-3-6-14-11(15)9-7-8(13)4-5-10(9)12/h4-5,7H,2-3,6,13H2,1H3,(H,14,15). The molecule has 0 saturated heterocycles. The van der Waals surface area contributed by atoms with Gasteiger partial charge in [0.2, 0.25) is 0 Å². The van der Waals surface area contributed by atoms with Crippen LogP contribution in [0.15, 0.2) is 18.2 Å². The highest BCUT2D eigenvalue weighted by Crippen LogP contribution is 2.11. The molecule has 0 saturated carbocycles. The summed E-state index contributed by atoms with van der Waals surface area (Å²) in [4.78, 5) is 11.5. The normalized spacial score (nSPS) is 10.0. The Kier molecular flexibility index (Phi) is 4.09. The van der Waals surface area contributed by atoms with Crippen LogP contribution in [-0.4, -0.2) is 12.5 Å². The molecule has 3 N–H and O–H groups in total. The molecule has 0 aliphatic heterocycles. The van der Waals surface area contributed by atoms with Gasteiger partial charge in [0.05, 0.1) is 5.56 Å². The minimum Gasteiger partial charge on any atom is -0.399 e. The summed E-state index contributed by atoms with van der Waals surface area (Å²) in [7, 11) is 0. The van der Waals surface area contributed by atoms with E-state index in [-0.39, 0.29) is 5.56 Å². The summed E-state index contributed by atoms with van der Waals surface area (Å²) in [6, 6.07) is 3.97. The zero-order valence-electron chi connectivity index (χ0n) is 8.72. The molecule has 15 heavy (non-hydrogen) atoms. The van der Waals surface area contributed by atoms with Crippen molar-refractivity contribution < 1.29 is 9.18 Å². The monoisotopic (exact) mass is 210 g/mol. The van der Waals surface area contributed by atoms with Gasteiger partial charge in [-0.3, -0.25) is 4.79 Å². The number of halogens is 1. The highest BCUT2D eigenvalue weighted by atomic mass is 19.1. The minimum atomic E-state index is -0.543. The number of hydrogen-bond donors (Lipinski definition) is 2. The lowest BCUT2D eigenvalue weighted by molar-refractivity contribution is 0.0949. The van der Waals surface area contributed by atoms with E-state index in [0.717, 1.165) is 12.8 Å². The summed E-state index contributed by atoms with van der Waals surface area (Å²) < 4.78 is 13.2. The molecule has 0 atom stereocenters. The van der Waals surface area contributed by atoms with Crippen molar-refractivity contribution in [2.24, 2.45) is 0 Å². The third-order valence-electron chi connectivity index (χ3n) is 2.05. The quantitative estimate of drug-likeness (QED) is 0.589. The maximum absolute atomic E-state index is 13.2. The molecule has 3 nitrogen and oxygen atoms in total. The summed E-state index contributed by atoms with van der Waals surface area (Å²) in [5.41, 5.74) is 5.87. The van der Waals surface area contributed by atoms with E-state index >= 15 is 0 Å². The maximum Gasteiger partial charge on any atom is 0.254 e. The minimum absolute atomic E-state index is 0.00565. The first-order valence-electron chi connectivity index (χ1n) is 4.98. The van der Waals surface area contributed by atoms with E-state index in [9.17, 15) is 9.18 Å². The van der Waals surface area contributed by atoms with Gasteiger partial charge in [-0.25, -0.2) is 4.39 Å². The Balaban J connectivity index is 2.68. The van der Waals surface area contributed by atoms with Gasteiger partial charge in [-0.2, -0.15) is 0 Å². The molecule has 1 rings (SSSR count). The highest BCUT2D eigenvalue weighted by molar-refractivity contribution is 5.95. The summed E-state index contributed by atoms with van der Waals surface area (Å²) in [6.45, 7) is 2.58. The smallest absolute Gasteiger partial charge is 0.254 e. The lowest BCUT2D eigenvalue weighted by Gasteiger charge is -2.05. The van der Waals surface area contributed by atoms with Gasteiger partial charge in [0.15, 0.2) is 0 Å². The molecular weight excluding hydrogens is 195 g/mol. The SMILES string of the molecule is CCCCNC(=O)c1cc(N)ccc1F. The zero-order valence-corrected chi connectivity index (χ0v) is 8.72. The number of nitrogens with one attached hydrogen (secondary N) is 1. The fourth-order valence-electron chi connectivity index (χ4n) is 1.19. The molecular formula is C11H15FN2O. The number of hydrogen-bond acceptors (Lipinski definition) is 2. The summed E-state index contributed by atoms with van der Waals surface area (Å²) in [5, 5.41) is 2.63. The first-order chi connectivity index (χ1) is 7.15. The van der Waals surface area contributed by atoms with Crippen LogP contribution in [0, 0.1) is 5.82 Å². The summed E-state index contributed by atoms with van der Waals surface area (Å²) in [5.74, 6) is -0.952. The Morgan fingerprint density at radius 1 is 1.53 bits per heavy atom. The Bertz CT molecular complexity index is 352. The van der Waals surface area contributed by atoms with Crippen molar-refractivity contribution in [2.45, 2.75) is 19.8 Å². The lowest BCUT2D eigenvalue weighted by atomic mass is 10.1. The lowest BCUT2D eigenvalue weighted by Crippen LogP contribution is -2.25. The van der Waals surface area contributed by atoms with Crippen LogP contribution in [0.3, 0.4) is 0 Å². The number of benzene rings is 1. The Labute approximate surface area is 88.5 Å². The third kappa shape index (κ3) is 3.23. The molecule has 0 fully saturated rings. The Morgan fingerprint density at radius 2 is 2.27 bits per heavy atom. The van der Waals surface area contributed by atoms with E-state index < -0.39 is 11.7 Å². The van der Waals surface area contributed by atoms with Crippen molar-refractivity contribution >= 4 is 11.6 Å². The van der Waals surface area contributed by atoms with Crippen molar-refractivity contribution in [3.63, 3.8) is 0 Å². The van der Waals surface area contributed by atoms with Crippen molar-refractivity contribution in [1.82, 2.24) is 5.32 Å². The molecule has 0 bridgehead atoms. The van der Waals surface area contributed by atoms with E-state index in [0.29, 0.717) is 12.2 Å². The van der Waals surface area contributed by atoms with Crippen LogP contribution >= 0.6 is 0 Å². The van der Waals surface area contributed by atoms with E-state index in [1.54, 1.807) is 0 Å². The molecule has 0 aliphatic carbocycles. The molecule has 0 unspecified atom stereocenters. The number of carbonyl (C=O) groups is 1. The number of anilines is 1. The van der Waals surface area contributed by atoms with Gasteiger partial charge in [-0.05, 0) is 24.6 Å². The number of nitrogen functional groups attached to an aromatic ring is 1. The summed E-state index contributed by atoms with van der Waals surface area (Å²) in [6.07, 6.45) is 1.87. The van der Waals surface area contributed by atoms with Gasteiger partial charge in [-0.15, -0.1) is 0 Å². The molecule has 0 aromatic heterocycles. The fraction of sp³-hybridized carbons (Fsp3) is 0.364. The molecule has 0 spiro atoms. The molecule has 0 radical (unpaired) electrons. The number of rotatable bonds is 4. The highest BCUT2D eigenvalue weighted by Gasteiger charge is 2.10. The molecule has 1 aromatic rings. The van der Waals surface area contributed by atoms with Crippen LogP contribution < -0.4 is 11.1 Å². The topological polar surface area (TPSA) is 55.1 Å². The average molecular weight is 210 g/mol. The summed E-state index contributed by atoms with van der Waals surface area (Å²) >= 11 is 0. The van der Waals surface area contributed by atoms with Crippen molar-refractivity contribution in [2.75, 3.05) is 12.3 Å². The van der Waals surface area contributed by atoms with E-state index in [1.807, 2.05) is 6.92 Å². The second-order valence-corrected chi connectivity index (χ2v) is 3.35. The van der Waals surface area contributed by atoms with Gasteiger partial charge in [0, 0.05) is 12.2 Å². The van der Waals surface area contributed by atoms with Gasteiger partial charge < -0.3 is 11.1 Å². The predicted octanol–water partition coefficient (Wildman–Crippen LogP) is 1.94. The number of nitrogens with two attached hydrogens (primary N) is 1. The van der Waals surface area contributed by atoms with Crippen LogP contribution in [0.1, 0.15) is 30.1 Å². The molecule has 82 valence electrons. The van der Waals surface area contributed by atoms with Crippen molar-refractivity contribution in [3.8, 4) is 0 Å². The first kappa shape index (κ1) is 11.5. The van der Waals surface area contributed by atoms with Gasteiger partial charge >= 0.3 is 0 Å². The van der Waals surface area contributed by atoms with Crippen molar-refractivity contribution in [3.05, 3.63) is 29.6 Å². The zero-order chi connectivity index (χ0) is 11.3. The number of carbonyl (C=O) groups excluding carboxylic acids is 1. The van der Waals surface area contributed by atoms with Crippen LogP contribution in [-0.2, 0) is 0 Å². The van der Waals surface area contributed by atoms with E-state index in [2.05, 4.69) is 5.32 Å². The number of amides is 1. The van der Waals surface area contributed by atoms with Crippen LogP contribution in [0.5, 0.6) is 0 Å². The Hall–Kier alpha value is -1.58. The second kappa shape index (κ2) is 5.34.